The van der Waals surface area contributed by atoms with Gasteiger partial charge in [-0.15, -0.1) is 0 Å². The quantitative estimate of drug-likeness (QED) is 0.769. The van der Waals surface area contributed by atoms with Crippen molar-refractivity contribution in [3.8, 4) is 0 Å². The van der Waals surface area contributed by atoms with Crippen LogP contribution in [0.3, 0.4) is 0 Å². The number of aryl methyl sites for hydroxylation is 1. The zero-order valence-electron chi connectivity index (χ0n) is 8.86. The van der Waals surface area contributed by atoms with Gasteiger partial charge in [0.1, 0.15) is 0 Å². The van der Waals surface area contributed by atoms with Crippen LogP contribution in [-0.2, 0) is 4.74 Å². The lowest BCUT2D eigenvalue weighted by Crippen LogP contribution is -2.35. The molecule has 4 heteroatoms. The van der Waals surface area contributed by atoms with E-state index in [2.05, 4.69) is 36.5 Å². The Morgan fingerprint density at radius 3 is 2.67 bits per heavy atom. The lowest BCUT2D eigenvalue weighted by Gasteiger charge is -2.23. The van der Waals surface area contributed by atoms with E-state index in [0.29, 0.717) is 0 Å². The molecule has 0 bridgehead atoms. The predicted molar refractivity (Wildman–Crippen MR) is 65.1 cm³/mol. The Labute approximate surface area is 95.0 Å². The molecule has 15 heavy (non-hydrogen) atoms. The van der Waals surface area contributed by atoms with Gasteiger partial charge in [-0.1, -0.05) is 17.7 Å². The summed E-state index contributed by atoms with van der Waals surface area (Å²) in [6.45, 7) is 2.81. The Morgan fingerprint density at radius 1 is 1.40 bits per heavy atom. The number of methoxy groups -OCH3 is 1. The summed E-state index contributed by atoms with van der Waals surface area (Å²) in [6, 6.07) is 8.26. The van der Waals surface area contributed by atoms with Crippen LogP contribution in [0.2, 0.25) is 0 Å². The number of hydrogen-bond donors (Lipinski definition) is 1. The van der Waals surface area contributed by atoms with E-state index in [-0.39, 0.29) is 6.23 Å². The lowest BCUT2D eigenvalue weighted by atomic mass is 10.2. The normalized spacial score (nSPS) is 20.5. The van der Waals surface area contributed by atoms with Gasteiger partial charge in [0.2, 0.25) is 0 Å². The van der Waals surface area contributed by atoms with Gasteiger partial charge in [0.25, 0.3) is 0 Å². The summed E-state index contributed by atoms with van der Waals surface area (Å²) >= 11 is 5.23. The van der Waals surface area contributed by atoms with Gasteiger partial charge in [-0.05, 0) is 31.3 Å². The van der Waals surface area contributed by atoms with E-state index in [4.69, 9.17) is 17.0 Å². The molecule has 1 aliphatic heterocycles. The van der Waals surface area contributed by atoms with Crippen molar-refractivity contribution in [2.45, 2.75) is 13.2 Å². The predicted octanol–water partition coefficient (Wildman–Crippen LogP) is 1.66. The van der Waals surface area contributed by atoms with Crippen LogP contribution in [0.1, 0.15) is 5.56 Å². The van der Waals surface area contributed by atoms with Gasteiger partial charge in [0.15, 0.2) is 11.3 Å². The van der Waals surface area contributed by atoms with Crippen molar-refractivity contribution in [3.63, 3.8) is 0 Å². The second-order valence-corrected chi connectivity index (χ2v) is 3.97. The molecule has 0 spiro atoms. The number of nitrogens with zero attached hydrogens (tertiary/aromatic N) is 1. The fraction of sp³-hybridized carbons (Fsp3) is 0.364. The summed E-state index contributed by atoms with van der Waals surface area (Å²) in [4.78, 5) is 1.99. The van der Waals surface area contributed by atoms with Crippen LogP contribution in [0.25, 0.3) is 0 Å². The number of anilines is 1. The smallest absolute Gasteiger partial charge is 0.175 e. The maximum absolute atomic E-state index is 5.35. The maximum Gasteiger partial charge on any atom is 0.175 e. The van der Waals surface area contributed by atoms with Gasteiger partial charge >= 0.3 is 0 Å². The topological polar surface area (TPSA) is 24.5 Å². The first-order valence-corrected chi connectivity index (χ1v) is 5.29. The number of benzene rings is 1. The molecule has 0 aliphatic carbocycles. The highest BCUT2D eigenvalue weighted by atomic mass is 32.1. The highest BCUT2D eigenvalue weighted by Crippen LogP contribution is 2.21. The van der Waals surface area contributed by atoms with Crippen molar-refractivity contribution < 1.29 is 4.74 Å². The fourth-order valence-electron chi connectivity index (χ4n) is 1.66. The molecule has 1 saturated heterocycles. The summed E-state index contributed by atoms with van der Waals surface area (Å²) < 4.78 is 5.35. The molecule has 3 nitrogen and oxygen atoms in total. The minimum Gasteiger partial charge on any atom is -0.359 e. The van der Waals surface area contributed by atoms with E-state index < -0.39 is 0 Å². The molecule has 0 amide bonds. The first-order chi connectivity index (χ1) is 7.22. The molecule has 1 N–H and O–H groups in total. The van der Waals surface area contributed by atoms with Crippen LogP contribution in [0.4, 0.5) is 5.69 Å². The molecular formula is C11H14N2OS. The third-order valence-corrected chi connectivity index (χ3v) is 2.86. The van der Waals surface area contributed by atoms with E-state index in [1.807, 2.05) is 4.90 Å². The van der Waals surface area contributed by atoms with Crippen molar-refractivity contribution in [1.29, 1.82) is 0 Å². The van der Waals surface area contributed by atoms with E-state index in [0.717, 1.165) is 17.3 Å². The first-order valence-electron chi connectivity index (χ1n) is 4.89. The Balaban J connectivity index is 2.28. The minimum atomic E-state index is 0.000191. The van der Waals surface area contributed by atoms with Gasteiger partial charge in [0.05, 0.1) is 6.54 Å². The third-order valence-electron chi connectivity index (χ3n) is 2.52. The second-order valence-electron chi connectivity index (χ2n) is 3.58. The van der Waals surface area contributed by atoms with Gasteiger partial charge in [-0.2, -0.15) is 0 Å². The van der Waals surface area contributed by atoms with Crippen LogP contribution in [-0.4, -0.2) is 25.0 Å². The number of ether oxygens (including phenoxy) is 1. The van der Waals surface area contributed by atoms with E-state index in [9.17, 15) is 0 Å². The molecule has 1 aromatic rings. The van der Waals surface area contributed by atoms with Crippen LogP contribution in [0.15, 0.2) is 24.3 Å². The molecule has 0 saturated carbocycles. The van der Waals surface area contributed by atoms with E-state index in [1.165, 1.54) is 5.56 Å². The summed E-state index contributed by atoms with van der Waals surface area (Å²) in [6.07, 6.45) is 0.000191. The summed E-state index contributed by atoms with van der Waals surface area (Å²) in [7, 11) is 1.70. The van der Waals surface area contributed by atoms with Crippen molar-refractivity contribution in [3.05, 3.63) is 29.8 Å². The maximum atomic E-state index is 5.35. The lowest BCUT2D eigenvalue weighted by molar-refractivity contribution is 0.123. The van der Waals surface area contributed by atoms with Gasteiger partial charge < -0.3 is 10.1 Å². The fourth-order valence-corrected chi connectivity index (χ4v) is 1.97. The Kier molecular flexibility index (Phi) is 2.88. The number of rotatable bonds is 2. The number of thiocarbonyl (C=S) groups is 1. The standard InChI is InChI=1S/C11H14N2OS/c1-8-3-5-9(6-4-8)13-10(14-2)7-12-11(13)15/h3-6,10H,7H2,1-2H3,(H,12,15)/t10-/m0/s1. The summed E-state index contributed by atoms with van der Waals surface area (Å²) in [5, 5.41) is 3.84. The zero-order chi connectivity index (χ0) is 10.8. The molecule has 80 valence electrons. The third kappa shape index (κ3) is 1.96. The van der Waals surface area contributed by atoms with Crippen LogP contribution >= 0.6 is 12.2 Å². The second kappa shape index (κ2) is 4.16. The Bertz CT molecular complexity index is 363. The van der Waals surface area contributed by atoms with Gasteiger partial charge in [-0.25, -0.2) is 0 Å². The Morgan fingerprint density at radius 2 is 2.07 bits per heavy atom. The molecule has 1 aliphatic rings. The van der Waals surface area contributed by atoms with Gasteiger partial charge in [0, 0.05) is 12.8 Å². The summed E-state index contributed by atoms with van der Waals surface area (Å²) in [5.41, 5.74) is 2.31. The average molecular weight is 222 g/mol. The molecule has 1 aromatic carbocycles. The molecule has 1 fully saturated rings. The molecule has 0 unspecified atom stereocenters. The molecule has 0 radical (unpaired) electrons. The molecule has 1 atom stereocenters. The van der Waals surface area contributed by atoms with Crippen molar-refractivity contribution >= 4 is 23.0 Å². The average Bonchev–Trinajstić information content (AvgIpc) is 2.61. The number of nitrogens with one attached hydrogen (secondary N) is 1. The minimum absolute atomic E-state index is 0.000191. The molecule has 1 heterocycles. The van der Waals surface area contributed by atoms with Crippen LogP contribution in [0, 0.1) is 6.92 Å². The molecule has 0 aromatic heterocycles. The SMILES string of the molecule is CO[C@H]1CNC(=S)N1c1ccc(C)cc1. The monoisotopic (exact) mass is 222 g/mol. The largest absolute Gasteiger partial charge is 0.359 e. The van der Waals surface area contributed by atoms with E-state index in [1.54, 1.807) is 7.11 Å². The zero-order valence-corrected chi connectivity index (χ0v) is 9.67. The first kappa shape index (κ1) is 10.4. The highest BCUT2D eigenvalue weighted by Gasteiger charge is 2.28. The molecule has 2 rings (SSSR count). The van der Waals surface area contributed by atoms with Crippen molar-refractivity contribution in [2.75, 3.05) is 18.6 Å². The highest BCUT2D eigenvalue weighted by molar-refractivity contribution is 7.80. The van der Waals surface area contributed by atoms with Crippen molar-refractivity contribution in [2.24, 2.45) is 0 Å². The molecular weight excluding hydrogens is 208 g/mol. The Hall–Kier alpha value is -1.13. The van der Waals surface area contributed by atoms with Crippen molar-refractivity contribution in [1.82, 2.24) is 5.32 Å². The van der Waals surface area contributed by atoms with Crippen LogP contribution in [0.5, 0.6) is 0 Å². The van der Waals surface area contributed by atoms with E-state index >= 15 is 0 Å². The van der Waals surface area contributed by atoms with Gasteiger partial charge in [-0.3, -0.25) is 4.90 Å². The summed E-state index contributed by atoms with van der Waals surface area (Å²) in [5.74, 6) is 0. The van der Waals surface area contributed by atoms with Crippen LogP contribution < -0.4 is 10.2 Å². The number of hydrogen-bond acceptors (Lipinski definition) is 2.